The molecular weight excluding hydrogens is 934 g/mol. The molecule has 71 heavy (non-hydrogen) atoms. The van der Waals surface area contributed by atoms with Gasteiger partial charge in [0, 0.05) is 65.1 Å². The molecule has 0 aromatic carbocycles. The first kappa shape index (κ1) is 60.4. The molecule has 4 aliphatic rings. The minimum Gasteiger partial charge on any atom is -0.460 e. The molecule has 2 N–H and O–H groups in total. The number of esters is 1. The normalized spacial score (nSPS) is 38.9. The molecule has 3 aliphatic heterocycles. The first-order valence-electron chi connectivity index (χ1n) is 25.9. The van der Waals surface area contributed by atoms with Gasteiger partial charge in [-0.25, -0.2) is 4.79 Å². The Morgan fingerprint density at radius 1 is 0.873 bits per heavy atom. The molecule has 0 aromatic rings. The van der Waals surface area contributed by atoms with E-state index in [1.54, 1.807) is 48.0 Å². The summed E-state index contributed by atoms with van der Waals surface area (Å²) in [6, 6.07) is -1.17. The maximum absolute atomic E-state index is 14.5. The number of hydrogen-bond acceptors (Lipinski definition) is 15. The third kappa shape index (κ3) is 16.7. The van der Waals surface area contributed by atoms with Crippen LogP contribution in [0, 0.1) is 35.5 Å². The number of aliphatic hydroxyl groups excluding tert-OH is 1. The molecule has 1 saturated carbocycles. The molecule has 402 valence electrons. The fraction of sp³-hybridized carbons (Fsp3) is 0.759. The van der Waals surface area contributed by atoms with Gasteiger partial charge in [-0.3, -0.25) is 23.7 Å². The fourth-order valence-corrected chi connectivity index (χ4v) is 12.0. The number of amides is 1. The van der Waals surface area contributed by atoms with Crippen molar-refractivity contribution in [1.29, 1.82) is 0 Å². The van der Waals surface area contributed by atoms with E-state index >= 15 is 0 Å². The van der Waals surface area contributed by atoms with E-state index in [0.717, 1.165) is 5.57 Å². The number of nitrogens with zero attached hydrogens (tertiary/aromatic N) is 1. The van der Waals surface area contributed by atoms with Crippen molar-refractivity contribution in [3.8, 4) is 0 Å². The van der Waals surface area contributed by atoms with Crippen LogP contribution in [0.4, 0.5) is 0 Å². The molecule has 2 saturated heterocycles. The average molecular weight is 1020 g/mol. The Labute approximate surface area is 423 Å². The quantitative estimate of drug-likeness (QED) is 0.0917. The highest BCUT2D eigenvalue weighted by molar-refractivity contribution is 7.53. The highest BCUT2D eigenvalue weighted by Gasteiger charge is 2.53. The zero-order valence-corrected chi connectivity index (χ0v) is 45.4. The van der Waals surface area contributed by atoms with Gasteiger partial charge in [0.2, 0.25) is 5.79 Å². The van der Waals surface area contributed by atoms with Crippen LogP contribution in [0.5, 0.6) is 0 Å². The van der Waals surface area contributed by atoms with E-state index in [4.69, 9.17) is 32.7 Å². The minimum atomic E-state index is -3.32. The monoisotopic (exact) mass is 1020 g/mol. The smallest absolute Gasteiger partial charge is 0.329 e. The summed E-state index contributed by atoms with van der Waals surface area (Å²) in [6.45, 7) is 16.1. The van der Waals surface area contributed by atoms with Crippen LogP contribution in [0.2, 0.25) is 0 Å². The van der Waals surface area contributed by atoms with Crippen molar-refractivity contribution in [2.24, 2.45) is 35.5 Å². The number of methoxy groups -OCH3 is 3. The van der Waals surface area contributed by atoms with E-state index in [2.05, 4.69) is 0 Å². The second-order valence-corrected chi connectivity index (χ2v) is 22.9. The number of Topliss-reactive ketones (excluding diaryl/α,β-unsaturated/α-hetero) is 3. The van der Waals surface area contributed by atoms with Crippen molar-refractivity contribution < 1.29 is 71.5 Å². The van der Waals surface area contributed by atoms with E-state index in [9.17, 15) is 38.8 Å². The number of aliphatic hydroxyl groups is 2. The number of allylic oxidation sites excluding steroid dienone is 6. The molecule has 16 nitrogen and oxygen atoms in total. The molecule has 0 spiro atoms. The highest BCUT2D eigenvalue weighted by Crippen LogP contribution is 2.48. The topological polar surface area (TPSA) is 211 Å². The Bertz CT molecular complexity index is 1980. The van der Waals surface area contributed by atoms with E-state index in [1.165, 1.54) is 18.7 Å². The number of ether oxygens (including phenoxy) is 5. The minimum absolute atomic E-state index is 0.00668. The van der Waals surface area contributed by atoms with Crippen LogP contribution in [-0.2, 0) is 61.3 Å². The molecule has 3 unspecified atom stereocenters. The third-order valence-electron chi connectivity index (χ3n) is 15.1. The predicted octanol–water partition coefficient (Wildman–Crippen LogP) is 8.06. The molecule has 4 rings (SSSR count). The largest absolute Gasteiger partial charge is 0.460 e. The molecule has 2 bridgehead atoms. The molecule has 3 fully saturated rings. The van der Waals surface area contributed by atoms with Crippen molar-refractivity contribution in [3.05, 3.63) is 47.6 Å². The van der Waals surface area contributed by atoms with Crippen LogP contribution in [-0.4, -0.2) is 140 Å². The number of ketones is 3. The van der Waals surface area contributed by atoms with Crippen LogP contribution in [0.3, 0.4) is 0 Å². The first-order chi connectivity index (χ1) is 33.5. The molecule has 16 atom stereocenters. The van der Waals surface area contributed by atoms with Gasteiger partial charge in [0.1, 0.15) is 30.1 Å². The summed E-state index contributed by atoms with van der Waals surface area (Å²) in [7, 11) is 1.20. The summed E-state index contributed by atoms with van der Waals surface area (Å²) in [5.74, 6) is -8.26. The van der Waals surface area contributed by atoms with Crippen molar-refractivity contribution >= 4 is 36.8 Å². The lowest BCUT2D eigenvalue weighted by Crippen LogP contribution is -2.61. The Kier molecular flexibility index (Phi) is 23.7. The Morgan fingerprint density at radius 3 is 2.25 bits per heavy atom. The number of carbonyl (C=O) groups is 5. The number of carbonyl (C=O) groups excluding carboxylic acids is 5. The summed E-state index contributed by atoms with van der Waals surface area (Å²) in [4.78, 5) is 72.4. The number of fused-ring (bicyclic) bond motifs is 3. The van der Waals surface area contributed by atoms with E-state index in [0.29, 0.717) is 69.8 Å². The molecule has 1 aliphatic carbocycles. The lowest BCUT2D eigenvalue weighted by Gasteiger charge is -2.42. The van der Waals surface area contributed by atoms with Crippen LogP contribution in [0.15, 0.2) is 47.6 Å². The number of cyclic esters (lactones) is 1. The fourth-order valence-electron chi connectivity index (χ4n) is 10.7. The second kappa shape index (κ2) is 27.9. The maximum Gasteiger partial charge on any atom is 0.329 e. The highest BCUT2D eigenvalue weighted by atomic mass is 31.2. The molecule has 17 heteroatoms. The third-order valence-corrected chi connectivity index (χ3v) is 16.5. The second-order valence-electron chi connectivity index (χ2n) is 20.9. The van der Waals surface area contributed by atoms with Gasteiger partial charge in [-0.1, -0.05) is 71.1 Å². The van der Waals surface area contributed by atoms with E-state index in [-0.39, 0.29) is 55.3 Å². The van der Waals surface area contributed by atoms with Crippen LogP contribution in [0.1, 0.15) is 132 Å². The summed E-state index contributed by atoms with van der Waals surface area (Å²) in [5.41, 5.74) is 1.24. The van der Waals surface area contributed by atoms with Gasteiger partial charge < -0.3 is 47.8 Å². The summed E-state index contributed by atoms with van der Waals surface area (Å²) < 4.78 is 54.0. The summed E-state index contributed by atoms with van der Waals surface area (Å²) in [5, 5.41) is 23.5. The number of piperidine rings is 1. The zero-order chi connectivity index (χ0) is 52.8. The molecule has 0 radical (unpaired) electrons. The predicted molar refractivity (Wildman–Crippen MR) is 269 cm³/mol. The van der Waals surface area contributed by atoms with Crippen LogP contribution < -0.4 is 0 Å². The number of hydrogen-bond donors (Lipinski definition) is 2. The van der Waals surface area contributed by atoms with Crippen molar-refractivity contribution in [2.75, 3.05) is 41.1 Å². The van der Waals surface area contributed by atoms with Crippen molar-refractivity contribution in [3.63, 3.8) is 0 Å². The summed E-state index contributed by atoms with van der Waals surface area (Å²) >= 11 is 0. The van der Waals surface area contributed by atoms with Gasteiger partial charge in [-0.05, 0) is 114 Å². The zero-order valence-electron chi connectivity index (χ0n) is 44.5. The van der Waals surface area contributed by atoms with E-state index in [1.807, 2.05) is 58.1 Å². The number of rotatable bonds is 10. The van der Waals surface area contributed by atoms with Gasteiger partial charge in [0.25, 0.3) is 11.7 Å². The van der Waals surface area contributed by atoms with Gasteiger partial charge in [-0.15, -0.1) is 0 Å². The van der Waals surface area contributed by atoms with Crippen molar-refractivity contribution in [2.45, 2.75) is 187 Å². The molecule has 1 amide bonds. The Hall–Kier alpha value is -3.18. The van der Waals surface area contributed by atoms with Gasteiger partial charge in [0.05, 0.1) is 31.0 Å². The maximum atomic E-state index is 14.5. The van der Waals surface area contributed by atoms with Crippen LogP contribution in [0.25, 0.3) is 0 Å². The summed E-state index contributed by atoms with van der Waals surface area (Å²) in [6.07, 6.45) is 10.8. The van der Waals surface area contributed by atoms with Gasteiger partial charge in [0.15, 0.2) is 5.78 Å². The van der Waals surface area contributed by atoms with Crippen LogP contribution >= 0.6 is 7.60 Å². The van der Waals surface area contributed by atoms with E-state index < -0.39 is 97.6 Å². The van der Waals surface area contributed by atoms with Gasteiger partial charge in [-0.2, -0.15) is 0 Å². The standard InChI is InChI=1S/C54H86NO15P/c1-13-67-71(12,63)70-44-25-23-40(30-47(44)65-10)29-36(5)46-32-43(56)35(4)28-38(7)49(58)50(66-11)48(57)37(6)27-33(2)19-15-14-16-20-34(3)45(64-9)31-41-24-22-39(8)54(62,69-41)51(59)52(60)55-26-18-17-21-42(55)53(61)68-46/h14-16,19-20,28,33,35-37,39-42,44-47,49-50,58,62H,13,17-18,21-27,29-32H2,1-12H3/b16-14+,19-15+,34-20+,38-28+/t33-,35-,36-,37-,39-,40+,41?,42?,44-,45+,46+,47-,49-,50+,54-,71?/m1/s1. The average Bonchev–Trinajstić information content (AvgIpc) is 3.33. The van der Waals surface area contributed by atoms with Gasteiger partial charge >= 0.3 is 13.6 Å². The Morgan fingerprint density at radius 2 is 1.59 bits per heavy atom. The first-order valence-corrected chi connectivity index (χ1v) is 27.9. The molecule has 0 aromatic heterocycles. The lowest BCUT2D eigenvalue weighted by molar-refractivity contribution is -0.265. The van der Waals surface area contributed by atoms with Crippen molar-refractivity contribution in [1.82, 2.24) is 4.90 Å². The lowest BCUT2D eigenvalue weighted by atomic mass is 9.78. The SMILES string of the molecule is CCOP(C)(=O)O[C@@H]1CC[C@@H](C[C@@H](C)[C@@H]2CC(=O)[C@H](C)/C=C(\C)[C@@H](O)[C@@H](OC)C(=O)[C@H](C)C[C@H](C)/C=C/C=C/C=C(\C)[C@@H](OC)CC3CC[C@@H](C)[C@@](O)(O3)C(=O)C(=O)N3CCCCC3C(=O)O2)C[C@H]1OC. The Balaban J connectivity index is 1.70. The molecular formula is C54H86NO15P. The molecule has 3 heterocycles.